The van der Waals surface area contributed by atoms with Gasteiger partial charge in [0.15, 0.2) is 0 Å². The molecule has 0 radical (unpaired) electrons. The normalized spacial score (nSPS) is 12.4. The minimum absolute atomic E-state index is 0.222. The van der Waals surface area contributed by atoms with E-state index in [2.05, 4.69) is 0 Å². The Labute approximate surface area is 117 Å². The molecule has 1 nitrogen and oxygen atoms in total. The molecule has 0 heterocycles. The first kappa shape index (κ1) is 14.0. The number of hydrogen-bond acceptors (Lipinski definition) is 1. The van der Waals surface area contributed by atoms with Gasteiger partial charge in [-0.15, -0.1) is 0 Å². The molecule has 0 aliphatic rings. The van der Waals surface area contributed by atoms with E-state index in [4.69, 9.17) is 11.6 Å². The molecule has 0 fully saturated rings. The fraction of sp³-hybridized carbons (Fsp3) is 0.250. The maximum atomic E-state index is 13.6. The monoisotopic (exact) mass is 278 g/mol. The first-order valence-electron chi connectivity index (χ1n) is 6.23. The summed E-state index contributed by atoms with van der Waals surface area (Å²) in [7, 11) is 0. The fourth-order valence-corrected chi connectivity index (χ4v) is 2.37. The van der Waals surface area contributed by atoms with Crippen molar-refractivity contribution in [3.05, 3.63) is 70.0 Å². The zero-order chi connectivity index (χ0) is 13.8. The van der Waals surface area contributed by atoms with Gasteiger partial charge in [0.1, 0.15) is 5.82 Å². The Hall–Kier alpha value is -1.38. The van der Waals surface area contributed by atoms with Gasteiger partial charge in [-0.05, 0) is 36.6 Å². The molecule has 0 saturated heterocycles. The Balaban J connectivity index is 2.10. The summed E-state index contributed by atoms with van der Waals surface area (Å²) >= 11 is 5.96. The molecule has 1 N–H and O–H groups in total. The maximum absolute atomic E-state index is 13.6. The first-order chi connectivity index (χ1) is 9.08. The lowest BCUT2D eigenvalue weighted by Gasteiger charge is -2.14. The van der Waals surface area contributed by atoms with E-state index in [9.17, 15) is 9.50 Å². The van der Waals surface area contributed by atoms with E-state index in [1.54, 1.807) is 12.1 Å². The van der Waals surface area contributed by atoms with Crippen LogP contribution in [0, 0.1) is 12.7 Å². The Morgan fingerprint density at radius 2 is 1.84 bits per heavy atom. The van der Waals surface area contributed by atoms with Crippen LogP contribution in [0.15, 0.2) is 42.5 Å². The summed E-state index contributed by atoms with van der Waals surface area (Å²) in [6, 6.07) is 12.4. The first-order valence-corrected chi connectivity index (χ1v) is 6.61. The maximum Gasteiger partial charge on any atom is 0.127 e. The molecule has 1 atom stereocenters. The summed E-state index contributed by atoms with van der Waals surface area (Å²) < 4.78 is 13.6. The van der Waals surface area contributed by atoms with Gasteiger partial charge in [-0.2, -0.15) is 0 Å². The van der Waals surface area contributed by atoms with Crippen LogP contribution in [-0.4, -0.2) is 11.2 Å². The van der Waals surface area contributed by atoms with Crippen molar-refractivity contribution in [2.75, 3.05) is 0 Å². The zero-order valence-electron chi connectivity index (χ0n) is 10.7. The molecule has 2 aromatic carbocycles. The van der Waals surface area contributed by atoms with Gasteiger partial charge in [0, 0.05) is 17.0 Å². The smallest absolute Gasteiger partial charge is 0.127 e. The lowest BCUT2D eigenvalue weighted by atomic mass is 9.98. The van der Waals surface area contributed by atoms with Crippen molar-refractivity contribution in [1.82, 2.24) is 0 Å². The lowest BCUT2D eigenvalue weighted by molar-refractivity contribution is 0.174. The molecule has 0 spiro atoms. The van der Waals surface area contributed by atoms with Gasteiger partial charge >= 0.3 is 0 Å². The van der Waals surface area contributed by atoms with E-state index >= 15 is 0 Å². The Morgan fingerprint density at radius 1 is 1.11 bits per heavy atom. The van der Waals surface area contributed by atoms with E-state index in [1.807, 2.05) is 31.2 Å². The van der Waals surface area contributed by atoms with Gasteiger partial charge in [-0.1, -0.05) is 41.9 Å². The number of aryl methyl sites for hydroxylation is 1. The molecule has 19 heavy (non-hydrogen) atoms. The molecular formula is C16H16ClFO. The molecular weight excluding hydrogens is 263 g/mol. The molecule has 0 bridgehead atoms. The molecule has 2 rings (SSSR count). The highest BCUT2D eigenvalue weighted by Gasteiger charge is 2.13. The van der Waals surface area contributed by atoms with Crippen LogP contribution in [0.4, 0.5) is 4.39 Å². The highest BCUT2D eigenvalue weighted by atomic mass is 35.5. The van der Waals surface area contributed by atoms with Crippen LogP contribution in [0.25, 0.3) is 0 Å². The van der Waals surface area contributed by atoms with E-state index in [-0.39, 0.29) is 12.2 Å². The third kappa shape index (κ3) is 3.55. The van der Waals surface area contributed by atoms with Crippen molar-refractivity contribution in [2.45, 2.75) is 25.9 Å². The largest absolute Gasteiger partial charge is 0.392 e. The molecule has 0 saturated carbocycles. The van der Waals surface area contributed by atoms with Gasteiger partial charge in [-0.25, -0.2) is 4.39 Å². The van der Waals surface area contributed by atoms with Crippen molar-refractivity contribution in [3.8, 4) is 0 Å². The highest BCUT2D eigenvalue weighted by molar-refractivity contribution is 6.31. The van der Waals surface area contributed by atoms with Crippen molar-refractivity contribution < 1.29 is 9.50 Å². The van der Waals surface area contributed by atoms with E-state index < -0.39 is 6.10 Å². The number of rotatable bonds is 4. The van der Waals surface area contributed by atoms with Crippen LogP contribution in [0.5, 0.6) is 0 Å². The quantitative estimate of drug-likeness (QED) is 0.898. The van der Waals surface area contributed by atoms with Crippen LogP contribution in [-0.2, 0) is 12.8 Å². The van der Waals surface area contributed by atoms with Crippen molar-refractivity contribution in [1.29, 1.82) is 0 Å². The van der Waals surface area contributed by atoms with Crippen LogP contribution >= 0.6 is 11.6 Å². The third-order valence-electron chi connectivity index (χ3n) is 3.22. The zero-order valence-corrected chi connectivity index (χ0v) is 11.5. The number of benzene rings is 2. The minimum atomic E-state index is -0.643. The number of aliphatic hydroxyl groups is 1. The van der Waals surface area contributed by atoms with Crippen molar-refractivity contribution >= 4 is 11.6 Å². The van der Waals surface area contributed by atoms with E-state index in [0.717, 1.165) is 11.1 Å². The second-order valence-corrected chi connectivity index (χ2v) is 5.10. The van der Waals surface area contributed by atoms with Crippen molar-refractivity contribution in [2.24, 2.45) is 0 Å². The molecule has 1 unspecified atom stereocenters. The minimum Gasteiger partial charge on any atom is -0.392 e. The summed E-state index contributed by atoms with van der Waals surface area (Å²) in [6.45, 7) is 2.00. The Bertz CT molecular complexity index is 548. The molecule has 0 amide bonds. The topological polar surface area (TPSA) is 20.2 Å². The van der Waals surface area contributed by atoms with Gasteiger partial charge in [0.05, 0.1) is 6.10 Å². The number of halogens is 2. The second kappa shape index (κ2) is 6.18. The van der Waals surface area contributed by atoms with Gasteiger partial charge in [-0.3, -0.25) is 0 Å². The summed E-state index contributed by atoms with van der Waals surface area (Å²) in [6.07, 6.45) is 0.0764. The predicted octanol–water partition coefficient (Wildman–Crippen LogP) is 3.93. The molecule has 100 valence electrons. The molecule has 2 aromatic rings. The van der Waals surface area contributed by atoms with Crippen LogP contribution in [0.3, 0.4) is 0 Å². The summed E-state index contributed by atoms with van der Waals surface area (Å²) in [5.41, 5.74) is 2.58. The summed E-state index contributed by atoms with van der Waals surface area (Å²) in [4.78, 5) is 0. The van der Waals surface area contributed by atoms with Crippen molar-refractivity contribution in [3.63, 3.8) is 0 Å². The SMILES string of the molecule is Cc1ccccc1CC(O)Cc1c(F)cccc1Cl. The Kier molecular flexibility index (Phi) is 4.56. The lowest BCUT2D eigenvalue weighted by Crippen LogP contribution is -2.15. The second-order valence-electron chi connectivity index (χ2n) is 4.69. The fourth-order valence-electron chi connectivity index (χ4n) is 2.13. The summed E-state index contributed by atoms with van der Waals surface area (Å²) in [5.74, 6) is -0.365. The number of aliphatic hydroxyl groups excluding tert-OH is 1. The average molecular weight is 279 g/mol. The van der Waals surface area contributed by atoms with E-state index in [1.165, 1.54) is 6.07 Å². The van der Waals surface area contributed by atoms with Gasteiger partial charge in [0.2, 0.25) is 0 Å². The number of hydrogen-bond donors (Lipinski definition) is 1. The average Bonchev–Trinajstić information content (AvgIpc) is 2.37. The molecule has 0 aromatic heterocycles. The van der Waals surface area contributed by atoms with Crippen LogP contribution in [0.1, 0.15) is 16.7 Å². The standard InChI is InChI=1S/C16H16ClFO/c1-11-5-2-3-6-12(11)9-13(19)10-14-15(17)7-4-8-16(14)18/h2-8,13,19H,9-10H2,1H3. The summed E-state index contributed by atoms with van der Waals surface area (Å²) in [5, 5.41) is 10.5. The molecule has 3 heteroatoms. The van der Waals surface area contributed by atoms with E-state index in [0.29, 0.717) is 17.0 Å². The van der Waals surface area contributed by atoms with Gasteiger partial charge in [0.25, 0.3) is 0 Å². The molecule has 0 aliphatic carbocycles. The van der Waals surface area contributed by atoms with Gasteiger partial charge < -0.3 is 5.11 Å². The highest BCUT2D eigenvalue weighted by Crippen LogP contribution is 2.22. The third-order valence-corrected chi connectivity index (χ3v) is 3.57. The van der Waals surface area contributed by atoms with Crippen LogP contribution in [0.2, 0.25) is 5.02 Å². The molecule has 0 aliphatic heterocycles. The predicted molar refractivity (Wildman–Crippen MR) is 76.0 cm³/mol. The van der Waals surface area contributed by atoms with Crippen LogP contribution < -0.4 is 0 Å². The Morgan fingerprint density at radius 3 is 2.53 bits per heavy atom.